The van der Waals surface area contributed by atoms with Gasteiger partial charge in [0.2, 0.25) is 5.91 Å². The fourth-order valence-corrected chi connectivity index (χ4v) is 3.42. The third-order valence-electron chi connectivity index (χ3n) is 5.07. The SMILES string of the molecule is CCCCCCC[C@H]1C[C@@H]1CCC(=O)NCCc1ccccc1. The Hall–Kier alpha value is -1.31. The Balaban J connectivity index is 1.45. The van der Waals surface area contributed by atoms with Crippen LogP contribution in [-0.2, 0) is 11.2 Å². The van der Waals surface area contributed by atoms with Gasteiger partial charge in [0, 0.05) is 13.0 Å². The lowest BCUT2D eigenvalue weighted by Crippen LogP contribution is -2.25. The minimum absolute atomic E-state index is 0.231. The molecule has 23 heavy (non-hydrogen) atoms. The molecule has 1 fully saturated rings. The summed E-state index contributed by atoms with van der Waals surface area (Å²) < 4.78 is 0. The molecule has 1 amide bonds. The minimum atomic E-state index is 0.231. The zero-order chi connectivity index (χ0) is 16.3. The maximum absolute atomic E-state index is 11.9. The van der Waals surface area contributed by atoms with E-state index in [2.05, 4.69) is 24.4 Å². The maximum atomic E-state index is 11.9. The minimum Gasteiger partial charge on any atom is -0.356 e. The number of nitrogens with one attached hydrogen (secondary N) is 1. The molecule has 0 heterocycles. The second-order valence-electron chi connectivity index (χ2n) is 7.08. The van der Waals surface area contributed by atoms with E-state index in [0.29, 0.717) is 6.42 Å². The zero-order valence-electron chi connectivity index (χ0n) is 14.7. The summed E-state index contributed by atoms with van der Waals surface area (Å²) in [5, 5.41) is 3.06. The average molecular weight is 316 g/mol. The maximum Gasteiger partial charge on any atom is 0.220 e. The van der Waals surface area contributed by atoms with E-state index in [1.807, 2.05) is 18.2 Å². The first-order valence-electron chi connectivity index (χ1n) is 9.60. The van der Waals surface area contributed by atoms with Gasteiger partial charge in [0.25, 0.3) is 0 Å². The Morgan fingerprint density at radius 3 is 2.57 bits per heavy atom. The van der Waals surface area contributed by atoms with Crippen LogP contribution in [0.15, 0.2) is 30.3 Å². The highest BCUT2D eigenvalue weighted by Gasteiger charge is 2.35. The van der Waals surface area contributed by atoms with E-state index >= 15 is 0 Å². The van der Waals surface area contributed by atoms with Gasteiger partial charge in [-0.05, 0) is 36.7 Å². The molecule has 0 saturated heterocycles. The Morgan fingerprint density at radius 1 is 1.04 bits per heavy atom. The van der Waals surface area contributed by atoms with Crippen LogP contribution in [0, 0.1) is 11.8 Å². The summed E-state index contributed by atoms with van der Waals surface area (Å²) in [5.74, 6) is 1.99. The number of carbonyl (C=O) groups is 1. The summed E-state index contributed by atoms with van der Waals surface area (Å²) in [6.07, 6.45) is 12.4. The lowest BCUT2D eigenvalue weighted by Gasteiger charge is -2.05. The summed E-state index contributed by atoms with van der Waals surface area (Å²) in [4.78, 5) is 11.9. The number of benzene rings is 1. The Bertz CT molecular complexity index is 442. The summed E-state index contributed by atoms with van der Waals surface area (Å²) in [5.41, 5.74) is 1.29. The molecule has 2 nitrogen and oxygen atoms in total. The van der Waals surface area contributed by atoms with Crippen molar-refractivity contribution in [1.82, 2.24) is 5.32 Å². The number of hydrogen-bond donors (Lipinski definition) is 1. The topological polar surface area (TPSA) is 29.1 Å². The lowest BCUT2D eigenvalue weighted by molar-refractivity contribution is -0.121. The summed E-state index contributed by atoms with van der Waals surface area (Å²) >= 11 is 0. The lowest BCUT2D eigenvalue weighted by atomic mass is 10.1. The van der Waals surface area contributed by atoms with Gasteiger partial charge in [-0.2, -0.15) is 0 Å². The van der Waals surface area contributed by atoms with Gasteiger partial charge in [0.15, 0.2) is 0 Å². The molecule has 1 aliphatic carbocycles. The molecule has 2 heteroatoms. The molecule has 1 aromatic rings. The predicted molar refractivity (Wildman–Crippen MR) is 97.4 cm³/mol. The summed E-state index contributed by atoms with van der Waals surface area (Å²) in [6, 6.07) is 10.3. The molecule has 2 atom stereocenters. The van der Waals surface area contributed by atoms with Gasteiger partial charge in [0.05, 0.1) is 0 Å². The van der Waals surface area contributed by atoms with Crippen molar-refractivity contribution < 1.29 is 4.79 Å². The first-order valence-corrected chi connectivity index (χ1v) is 9.60. The number of unbranched alkanes of at least 4 members (excludes halogenated alkanes) is 4. The fourth-order valence-electron chi connectivity index (χ4n) is 3.42. The van der Waals surface area contributed by atoms with Crippen molar-refractivity contribution in [2.45, 2.75) is 71.1 Å². The second-order valence-corrected chi connectivity index (χ2v) is 7.08. The summed E-state index contributed by atoms with van der Waals surface area (Å²) in [7, 11) is 0. The Kier molecular flexibility index (Phi) is 8.20. The van der Waals surface area contributed by atoms with Crippen molar-refractivity contribution in [3.63, 3.8) is 0 Å². The predicted octanol–water partition coefficient (Wildman–Crippen LogP) is 5.12. The average Bonchev–Trinajstić information content (AvgIpc) is 3.32. The quantitative estimate of drug-likeness (QED) is 0.533. The van der Waals surface area contributed by atoms with Crippen LogP contribution in [0.4, 0.5) is 0 Å². The number of carbonyl (C=O) groups excluding carboxylic acids is 1. The smallest absolute Gasteiger partial charge is 0.220 e. The van der Waals surface area contributed by atoms with E-state index in [1.165, 1.54) is 50.5 Å². The number of amides is 1. The highest BCUT2D eigenvalue weighted by molar-refractivity contribution is 5.75. The molecule has 128 valence electrons. The van der Waals surface area contributed by atoms with Crippen molar-refractivity contribution in [3.05, 3.63) is 35.9 Å². The molecular formula is C21H33NO. The van der Waals surface area contributed by atoms with Crippen LogP contribution in [0.1, 0.15) is 70.3 Å². The molecule has 1 N–H and O–H groups in total. The van der Waals surface area contributed by atoms with Crippen molar-refractivity contribution >= 4 is 5.91 Å². The zero-order valence-corrected chi connectivity index (χ0v) is 14.7. The molecule has 0 spiro atoms. The molecule has 0 aliphatic heterocycles. The van der Waals surface area contributed by atoms with Crippen molar-refractivity contribution in [3.8, 4) is 0 Å². The van der Waals surface area contributed by atoms with Gasteiger partial charge >= 0.3 is 0 Å². The van der Waals surface area contributed by atoms with Crippen LogP contribution in [0.5, 0.6) is 0 Å². The van der Waals surface area contributed by atoms with E-state index in [-0.39, 0.29) is 5.91 Å². The van der Waals surface area contributed by atoms with Crippen LogP contribution in [-0.4, -0.2) is 12.5 Å². The van der Waals surface area contributed by atoms with Crippen molar-refractivity contribution in [2.24, 2.45) is 11.8 Å². The molecule has 1 aromatic carbocycles. The second kappa shape index (κ2) is 10.5. The van der Waals surface area contributed by atoms with Gasteiger partial charge in [-0.1, -0.05) is 75.8 Å². The molecular weight excluding hydrogens is 282 g/mol. The van der Waals surface area contributed by atoms with E-state index in [1.54, 1.807) is 0 Å². The van der Waals surface area contributed by atoms with Crippen LogP contribution < -0.4 is 5.32 Å². The first kappa shape index (κ1) is 18.0. The highest BCUT2D eigenvalue weighted by atomic mass is 16.1. The highest BCUT2D eigenvalue weighted by Crippen LogP contribution is 2.45. The van der Waals surface area contributed by atoms with E-state index in [0.717, 1.165) is 31.2 Å². The van der Waals surface area contributed by atoms with Gasteiger partial charge in [-0.3, -0.25) is 4.79 Å². The van der Waals surface area contributed by atoms with Crippen molar-refractivity contribution in [1.29, 1.82) is 0 Å². The Morgan fingerprint density at radius 2 is 1.78 bits per heavy atom. The van der Waals surface area contributed by atoms with Gasteiger partial charge in [0.1, 0.15) is 0 Å². The third kappa shape index (κ3) is 7.67. The van der Waals surface area contributed by atoms with Crippen LogP contribution in [0.2, 0.25) is 0 Å². The normalized spacial score (nSPS) is 19.5. The van der Waals surface area contributed by atoms with E-state index < -0.39 is 0 Å². The molecule has 0 unspecified atom stereocenters. The van der Waals surface area contributed by atoms with Gasteiger partial charge in [-0.15, -0.1) is 0 Å². The molecule has 0 radical (unpaired) electrons. The van der Waals surface area contributed by atoms with E-state index in [9.17, 15) is 4.79 Å². The summed E-state index contributed by atoms with van der Waals surface area (Å²) in [6.45, 7) is 3.02. The third-order valence-corrected chi connectivity index (χ3v) is 5.07. The molecule has 0 bridgehead atoms. The number of rotatable bonds is 12. The van der Waals surface area contributed by atoms with Crippen molar-refractivity contribution in [2.75, 3.05) is 6.54 Å². The molecule has 0 aromatic heterocycles. The fraction of sp³-hybridized carbons (Fsp3) is 0.667. The monoisotopic (exact) mass is 315 g/mol. The van der Waals surface area contributed by atoms with Crippen LogP contribution in [0.3, 0.4) is 0 Å². The van der Waals surface area contributed by atoms with Crippen LogP contribution >= 0.6 is 0 Å². The largest absolute Gasteiger partial charge is 0.356 e. The van der Waals surface area contributed by atoms with E-state index in [4.69, 9.17) is 0 Å². The van der Waals surface area contributed by atoms with Gasteiger partial charge < -0.3 is 5.32 Å². The standard InChI is InChI=1S/C21H33NO/c1-2-3-4-5-9-12-19-17-20(19)13-14-21(23)22-16-15-18-10-7-6-8-11-18/h6-8,10-11,19-20H,2-5,9,12-17H2,1H3,(H,22,23)/t19-,20-/m0/s1. The van der Waals surface area contributed by atoms with Gasteiger partial charge in [-0.25, -0.2) is 0 Å². The molecule has 2 rings (SSSR count). The molecule has 1 aliphatic rings. The number of hydrogen-bond acceptors (Lipinski definition) is 1. The Labute approximate surface area is 142 Å². The van der Waals surface area contributed by atoms with Crippen LogP contribution in [0.25, 0.3) is 0 Å². The first-order chi connectivity index (χ1) is 11.3. The molecule has 1 saturated carbocycles.